The molecule has 2 aromatic rings. The number of piperazine rings is 1. The summed E-state index contributed by atoms with van der Waals surface area (Å²) in [5.41, 5.74) is 0.881. The number of rotatable bonds is 5. The molecule has 0 spiro atoms. The van der Waals surface area contributed by atoms with E-state index in [1.54, 1.807) is 7.11 Å². The van der Waals surface area contributed by atoms with E-state index in [-0.39, 0.29) is 9.90 Å². The highest BCUT2D eigenvalue weighted by molar-refractivity contribution is 7.92. The van der Waals surface area contributed by atoms with Crippen molar-refractivity contribution in [2.24, 2.45) is 0 Å². The predicted molar refractivity (Wildman–Crippen MR) is 102 cm³/mol. The van der Waals surface area contributed by atoms with E-state index in [9.17, 15) is 18.5 Å². The number of methoxy groups -OCH3 is 1. The van der Waals surface area contributed by atoms with Crippen LogP contribution in [0, 0.1) is 10.1 Å². The zero-order valence-corrected chi connectivity index (χ0v) is 16.0. The molecule has 0 atom stereocenters. The molecule has 0 radical (unpaired) electrons. The number of nitro groups is 1. The number of sulfone groups is 1. The van der Waals surface area contributed by atoms with E-state index in [0.717, 1.165) is 35.1 Å². The first kappa shape index (κ1) is 18.5. The predicted octanol–water partition coefficient (Wildman–Crippen LogP) is 2.40. The molecule has 1 aliphatic rings. The van der Waals surface area contributed by atoms with Crippen LogP contribution >= 0.6 is 11.3 Å². The van der Waals surface area contributed by atoms with Crippen LogP contribution in [0.5, 0.6) is 5.75 Å². The van der Waals surface area contributed by atoms with Crippen molar-refractivity contribution in [2.45, 2.75) is 4.21 Å². The molecular formula is C16H19N3O5S2. The molecule has 140 valence electrons. The van der Waals surface area contributed by atoms with E-state index in [1.165, 1.54) is 0 Å². The Balaban J connectivity index is 1.79. The van der Waals surface area contributed by atoms with Gasteiger partial charge in [0.05, 0.1) is 12.0 Å². The Morgan fingerprint density at radius 3 is 2.38 bits per heavy atom. The summed E-state index contributed by atoms with van der Waals surface area (Å²) < 4.78 is 28.8. The van der Waals surface area contributed by atoms with Crippen molar-refractivity contribution in [1.82, 2.24) is 0 Å². The van der Waals surface area contributed by atoms with Crippen molar-refractivity contribution >= 4 is 37.5 Å². The molecule has 1 saturated heterocycles. The largest absolute Gasteiger partial charge is 0.497 e. The van der Waals surface area contributed by atoms with E-state index in [4.69, 9.17) is 4.74 Å². The summed E-state index contributed by atoms with van der Waals surface area (Å²) in [5, 5.41) is 11.7. The summed E-state index contributed by atoms with van der Waals surface area (Å²) >= 11 is 0.962. The minimum atomic E-state index is -3.48. The number of anilines is 2. The van der Waals surface area contributed by atoms with Crippen LogP contribution in [0.3, 0.4) is 0 Å². The fourth-order valence-corrected chi connectivity index (χ4v) is 4.94. The number of benzene rings is 1. The maximum Gasteiger partial charge on any atom is 0.305 e. The quantitative estimate of drug-likeness (QED) is 0.565. The van der Waals surface area contributed by atoms with E-state index in [2.05, 4.69) is 4.90 Å². The number of hydrogen-bond donors (Lipinski definition) is 0. The third kappa shape index (κ3) is 3.75. The Hall–Kier alpha value is -2.33. The lowest BCUT2D eigenvalue weighted by Crippen LogP contribution is -2.46. The van der Waals surface area contributed by atoms with Gasteiger partial charge in [0.2, 0.25) is 0 Å². The summed E-state index contributed by atoms with van der Waals surface area (Å²) in [7, 11) is -1.86. The number of ether oxygens (including phenoxy) is 1. The first-order valence-corrected chi connectivity index (χ1v) is 10.6. The first-order chi connectivity index (χ1) is 12.3. The average Bonchev–Trinajstić information content (AvgIpc) is 3.08. The maximum atomic E-state index is 11.8. The highest BCUT2D eigenvalue weighted by atomic mass is 32.2. The molecule has 1 fully saturated rings. The van der Waals surface area contributed by atoms with Crippen LogP contribution in [0.1, 0.15) is 0 Å². The van der Waals surface area contributed by atoms with Gasteiger partial charge in [-0.1, -0.05) is 17.4 Å². The molecule has 0 bridgehead atoms. The third-order valence-electron chi connectivity index (χ3n) is 4.22. The molecular weight excluding hydrogens is 378 g/mol. The van der Waals surface area contributed by atoms with Crippen molar-refractivity contribution in [1.29, 1.82) is 0 Å². The van der Waals surface area contributed by atoms with Gasteiger partial charge in [0.25, 0.3) is 0 Å². The second-order valence-corrected chi connectivity index (χ2v) is 9.23. The summed E-state index contributed by atoms with van der Waals surface area (Å²) in [5.74, 6) is 0.775. The summed E-state index contributed by atoms with van der Waals surface area (Å²) in [6.07, 6.45) is 1.06. The topological polar surface area (TPSA) is 93.0 Å². The van der Waals surface area contributed by atoms with Crippen LogP contribution < -0.4 is 14.5 Å². The van der Waals surface area contributed by atoms with Gasteiger partial charge in [0, 0.05) is 50.3 Å². The SMILES string of the molecule is COc1cccc(N2CCN(c3sc(S(C)(=O)=O)cc3[N+](=O)[O-])CC2)c1. The van der Waals surface area contributed by atoms with Gasteiger partial charge in [-0.2, -0.15) is 0 Å². The van der Waals surface area contributed by atoms with Gasteiger partial charge in [0.15, 0.2) is 14.8 Å². The normalized spacial score (nSPS) is 15.2. The first-order valence-electron chi connectivity index (χ1n) is 7.92. The van der Waals surface area contributed by atoms with E-state index < -0.39 is 14.8 Å². The lowest BCUT2D eigenvalue weighted by atomic mass is 10.2. The van der Waals surface area contributed by atoms with Crippen molar-refractivity contribution in [2.75, 3.05) is 49.3 Å². The van der Waals surface area contributed by atoms with Crippen LogP contribution in [-0.2, 0) is 9.84 Å². The lowest BCUT2D eigenvalue weighted by Gasteiger charge is -2.36. The molecule has 3 rings (SSSR count). The molecule has 10 heteroatoms. The Morgan fingerprint density at radius 2 is 1.81 bits per heavy atom. The maximum absolute atomic E-state index is 11.8. The number of nitrogens with zero attached hydrogens (tertiary/aromatic N) is 3. The van der Waals surface area contributed by atoms with Gasteiger partial charge >= 0.3 is 5.69 Å². The van der Waals surface area contributed by atoms with Crippen LogP contribution in [0.25, 0.3) is 0 Å². The van der Waals surface area contributed by atoms with Gasteiger partial charge in [-0.05, 0) is 12.1 Å². The minimum absolute atomic E-state index is 0.0226. The van der Waals surface area contributed by atoms with E-state index >= 15 is 0 Å². The molecule has 0 N–H and O–H groups in total. The molecule has 1 aromatic heterocycles. The van der Waals surface area contributed by atoms with Gasteiger partial charge < -0.3 is 14.5 Å². The number of thiophene rings is 1. The summed E-state index contributed by atoms with van der Waals surface area (Å²) in [4.78, 5) is 14.9. The van der Waals surface area contributed by atoms with Crippen molar-refractivity contribution in [3.8, 4) is 5.75 Å². The fraction of sp³-hybridized carbons (Fsp3) is 0.375. The average molecular weight is 397 g/mol. The molecule has 8 nitrogen and oxygen atoms in total. The van der Waals surface area contributed by atoms with Crippen LogP contribution in [0.2, 0.25) is 0 Å². The molecule has 0 aliphatic carbocycles. The third-order valence-corrected chi connectivity index (χ3v) is 7.21. The standard InChI is InChI=1S/C16H19N3O5S2/c1-24-13-5-3-4-12(10-13)17-6-8-18(9-7-17)16-14(19(20)21)11-15(25-16)26(2,22)23/h3-5,10-11H,6-9H2,1-2H3. The smallest absolute Gasteiger partial charge is 0.305 e. The van der Waals surface area contributed by atoms with Crippen molar-refractivity contribution in [3.05, 3.63) is 40.4 Å². The Labute approximate surface area is 155 Å². The van der Waals surface area contributed by atoms with Gasteiger partial charge in [-0.3, -0.25) is 10.1 Å². The molecule has 0 saturated carbocycles. The van der Waals surface area contributed by atoms with Gasteiger partial charge in [-0.25, -0.2) is 8.42 Å². The van der Waals surface area contributed by atoms with Crippen molar-refractivity contribution in [3.63, 3.8) is 0 Å². The minimum Gasteiger partial charge on any atom is -0.497 e. The number of hydrogen-bond acceptors (Lipinski definition) is 8. The zero-order chi connectivity index (χ0) is 18.9. The second kappa shape index (κ2) is 7.12. The molecule has 1 aliphatic heterocycles. The van der Waals surface area contributed by atoms with E-state index in [1.807, 2.05) is 29.2 Å². The lowest BCUT2D eigenvalue weighted by molar-refractivity contribution is -0.383. The monoisotopic (exact) mass is 397 g/mol. The Morgan fingerprint density at radius 1 is 1.15 bits per heavy atom. The molecule has 0 amide bonds. The molecule has 2 heterocycles. The molecule has 0 unspecified atom stereocenters. The highest BCUT2D eigenvalue weighted by Crippen LogP contribution is 2.40. The molecule has 26 heavy (non-hydrogen) atoms. The Kier molecular flexibility index (Phi) is 5.05. The van der Waals surface area contributed by atoms with Crippen LogP contribution in [-0.4, -0.2) is 52.9 Å². The van der Waals surface area contributed by atoms with Crippen LogP contribution in [0.4, 0.5) is 16.4 Å². The summed E-state index contributed by atoms with van der Waals surface area (Å²) in [6, 6.07) is 8.90. The van der Waals surface area contributed by atoms with Gasteiger partial charge in [-0.15, -0.1) is 0 Å². The van der Waals surface area contributed by atoms with Crippen LogP contribution in [0.15, 0.2) is 34.5 Å². The molecule has 1 aromatic carbocycles. The Bertz CT molecular complexity index is 918. The fourth-order valence-electron chi connectivity index (χ4n) is 2.87. The zero-order valence-electron chi connectivity index (χ0n) is 14.4. The summed E-state index contributed by atoms with van der Waals surface area (Å²) in [6.45, 7) is 2.50. The van der Waals surface area contributed by atoms with E-state index in [0.29, 0.717) is 31.2 Å². The van der Waals surface area contributed by atoms with Gasteiger partial charge in [0.1, 0.15) is 9.96 Å². The second-order valence-electron chi connectivity index (χ2n) is 5.96. The van der Waals surface area contributed by atoms with Crippen molar-refractivity contribution < 1.29 is 18.1 Å². The highest BCUT2D eigenvalue weighted by Gasteiger charge is 2.29.